The number of H-pyrrole nitrogens is 1. The molecule has 1 aromatic heterocycles. The highest BCUT2D eigenvalue weighted by atomic mass is 32.1. The van der Waals surface area contributed by atoms with Gasteiger partial charge in [0.1, 0.15) is 4.64 Å². The van der Waals surface area contributed by atoms with Crippen LogP contribution in [-0.4, -0.2) is 9.97 Å². The molecule has 92 valence electrons. The van der Waals surface area contributed by atoms with Crippen LogP contribution in [0.1, 0.15) is 36.3 Å². The molecule has 1 aliphatic rings. The third-order valence-electron chi connectivity index (χ3n) is 3.86. The molecule has 0 bridgehead atoms. The molecule has 0 unspecified atom stereocenters. The van der Waals surface area contributed by atoms with Crippen molar-refractivity contribution in [3.8, 4) is 11.3 Å². The van der Waals surface area contributed by atoms with Gasteiger partial charge >= 0.3 is 0 Å². The Balaban J connectivity index is 2.16. The van der Waals surface area contributed by atoms with Crippen LogP contribution in [0.5, 0.6) is 0 Å². The lowest BCUT2D eigenvalue weighted by atomic mass is 9.77. The van der Waals surface area contributed by atoms with Crippen molar-refractivity contribution in [2.24, 2.45) is 0 Å². The van der Waals surface area contributed by atoms with Crippen molar-refractivity contribution in [1.82, 2.24) is 9.97 Å². The topological polar surface area (TPSA) is 28.7 Å². The quantitative estimate of drug-likeness (QED) is 0.808. The summed E-state index contributed by atoms with van der Waals surface area (Å²) >= 11 is 5.26. The molecule has 1 heterocycles. The van der Waals surface area contributed by atoms with Crippen molar-refractivity contribution in [2.45, 2.75) is 32.1 Å². The van der Waals surface area contributed by atoms with E-state index >= 15 is 0 Å². The maximum Gasteiger partial charge on any atom is 0.132 e. The van der Waals surface area contributed by atoms with Gasteiger partial charge in [-0.1, -0.05) is 42.9 Å². The summed E-state index contributed by atoms with van der Waals surface area (Å²) in [6, 6.07) is 8.65. The Morgan fingerprint density at radius 2 is 2.06 bits per heavy atom. The SMILES string of the molecule is Cc1c(-c2ccccc2C2CCC2)[nH]cnc1=S. The van der Waals surface area contributed by atoms with E-state index in [0.29, 0.717) is 4.64 Å². The fourth-order valence-corrected chi connectivity index (χ4v) is 2.70. The highest BCUT2D eigenvalue weighted by Gasteiger charge is 2.22. The number of rotatable bonds is 2. The largest absolute Gasteiger partial charge is 0.346 e. The lowest BCUT2D eigenvalue weighted by Gasteiger charge is -2.28. The Hall–Kier alpha value is -1.48. The Bertz CT molecular complexity index is 626. The highest BCUT2D eigenvalue weighted by Crippen LogP contribution is 2.41. The molecule has 0 saturated heterocycles. The predicted molar refractivity (Wildman–Crippen MR) is 76.2 cm³/mol. The third-order valence-corrected chi connectivity index (χ3v) is 4.27. The first-order valence-electron chi connectivity index (χ1n) is 6.41. The first-order valence-corrected chi connectivity index (χ1v) is 6.82. The summed E-state index contributed by atoms with van der Waals surface area (Å²) in [5, 5.41) is 0. The van der Waals surface area contributed by atoms with Gasteiger partial charge in [-0.15, -0.1) is 0 Å². The van der Waals surface area contributed by atoms with Crippen LogP contribution in [0.2, 0.25) is 0 Å². The maximum atomic E-state index is 5.26. The number of nitrogens with one attached hydrogen (secondary N) is 1. The van der Waals surface area contributed by atoms with E-state index in [1.165, 1.54) is 30.4 Å². The van der Waals surface area contributed by atoms with E-state index in [1.54, 1.807) is 6.33 Å². The lowest BCUT2D eigenvalue weighted by molar-refractivity contribution is 0.420. The van der Waals surface area contributed by atoms with Crippen molar-refractivity contribution in [2.75, 3.05) is 0 Å². The summed E-state index contributed by atoms with van der Waals surface area (Å²) < 4.78 is 0.687. The molecule has 3 heteroatoms. The monoisotopic (exact) mass is 256 g/mol. The van der Waals surface area contributed by atoms with Crippen molar-refractivity contribution in [1.29, 1.82) is 0 Å². The standard InChI is InChI=1S/C15H16N2S/c1-10-14(16-9-17-15(10)18)13-8-3-2-7-12(13)11-5-4-6-11/h2-3,7-9,11H,4-6H2,1H3,(H,16,17,18). The number of nitrogens with zero attached hydrogens (tertiary/aromatic N) is 1. The lowest BCUT2D eigenvalue weighted by Crippen LogP contribution is -2.10. The van der Waals surface area contributed by atoms with Crippen LogP contribution in [-0.2, 0) is 0 Å². The molecular weight excluding hydrogens is 240 g/mol. The Morgan fingerprint density at radius 1 is 1.28 bits per heavy atom. The van der Waals surface area contributed by atoms with Crippen molar-refractivity contribution in [3.05, 3.63) is 46.4 Å². The molecule has 2 nitrogen and oxygen atoms in total. The fraction of sp³-hybridized carbons (Fsp3) is 0.333. The highest BCUT2D eigenvalue weighted by molar-refractivity contribution is 7.71. The normalized spacial score (nSPS) is 15.4. The Labute approximate surface area is 112 Å². The summed E-state index contributed by atoms with van der Waals surface area (Å²) in [4.78, 5) is 7.39. The zero-order valence-corrected chi connectivity index (χ0v) is 11.3. The van der Waals surface area contributed by atoms with Gasteiger partial charge < -0.3 is 4.98 Å². The first-order chi connectivity index (χ1) is 8.77. The second-order valence-electron chi connectivity index (χ2n) is 4.92. The number of benzene rings is 1. The summed E-state index contributed by atoms with van der Waals surface area (Å²) in [6.45, 7) is 2.04. The summed E-state index contributed by atoms with van der Waals surface area (Å²) in [5.41, 5.74) is 4.92. The first kappa shape index (κ1) is 11.6. The Kier molecular flexibility index (Phi) is 3.00. The summed E-state index contributed by atoms with van der Waals surface area (Å²) in [7, 11) is 0. The van der Waals surface area contributed by atoms with Crippen molar-refractivity contribution in [3.63, 3.8) is 0 Å². The van der Waals surface area contributed by atoms with E-state index in [2.05, 4.69) is 34.2 Å². The number of aromatic amines is 1. The van der Waals surface area contributed by atoms with Crippen LogP contribution in [0, 0.1) is 11.6 Å². The minimum Gasteiger partial charge on any atom is -0.346 e. The second kappa shape index (κ2) is 4.65. The molecule has 0 spiro atoms. The van der Waals surface area contributed by atoms with Gasteiger partial charge in [0.25, 0.3) is 0 Å². The molecule has 2 aromatic rings. The number of hydrogen-bond acceptors (Lipinski definition) is 2. The predicted octanol–water partition coefficient (Wildman–Crippen LogP) is 4.38. The number of hydrogen-bond donors (Lipinski definition) is 1. The van der Waals surface area contributed by atoms with Crippen LogP contribution >= 0.6 is 12.2 Å². The molecule has 0 amide bonds. The molecule has 1 aromatic carbocycles. The van der Waals surface area contributed by atoms with Crippen molar-refractivity contribution < 1.29 is 0 Å². The van der Waals surface area contributed by atoms with Gasteiger partial charge in [0, 0.05) is 11.1 Å². The zero-order valence-electron chi connectivity index (χ0n) is 10.4. The molecule has 0 aliphatic heterocycles. The maximum absolute atomic E-state index is 5.26. The second-order valence-corrected chi connectivity index (χ2v) is 5.31. The molecule has 3 rings (SSSR count). The molecular formula is C15H16N2S. The summed E-state index contributed by atoms with van der Waals surface area (Å²) in [5.74, 6) is 0.718. The van der Waals surface area contributed by atoms with Gasteiger partial charge in [0.05, 0.1) is 12.0 Å². The average molecular weight is 256 g/mol. The number of aromatic nitrogens is 2. The van der Waals surface area contributed by atoms with Gasteiger partial charge in [0.2, 0.25) is 0 Å². The van der Waals surface area contributed by atoms with E-state index in [-0.39, 0.29) is 0 Å². The molecule has 0 radical (unpaired) electrons. The molecule has 0 atom stereocenters. The van der Waals surface area contributed by atoms with Crippen LogP contribution in [0.3, 0.4) is 0 Å². The average Bonchev–Trinajstić information content (AvgIpc) is 2.32. The van der Waals surface area contributed by atoms with Gasteiger partial charge in [-0.2, -0.15) is 0 Å². The minimum atomic E-state index is 0.687. The van der Waals surface area contributed by atoms with Gasteiger partial charge in [-0.25, -0.2) is 4.98 Å². The minimum absolute atomic E-state index is 0.687. The van der Waals surface area contributed by atoms with Gasteiger partial charge in [-0.3, -0.25) is 0 Å². The van der Waals surface area contributed by atoms with Crippen LogP contribution in [0.4, 0.5) is 0 Å². The molecule has 1 aliphatic carbocycles. The van der Waals surface area contributed by atoms with E-state index in [1.807, 2.05) is 6.92 Å². The van der Waals surface area contributed by atoms with E-state index in [0.717, 1.165) is 17.2 Å². The smallest absolute Gasteiger partial charge is 0.132 e. The van der Waals surface area contributed by atoms with E-state index < -0.39 is 0 Å². The molecule has 1 fully saturated rings. The molecule has 1 saturated carbocycles. The molecule has 18 heavy (non-hydrogen) atoms. The zero-order chi connectivity index (χ0) is 12.5. The van der Waals surface area contributed by atoms with Gasteiger partial charge in [0.15, 0.2) is 0 Å². The van der Waals surface area contributed by atoms with Crippen LogP contribution < -0.4 is 0 Å². The van der Waals surface area contributed by atoms with E-state index in [4.69, 9.17) is 12.2 Å². The van der Waals surface area contributed by atoms with Crippen molar-refractivity contribution >= 4 is 12.2 Å². The van der Waals surface area contributed by atoms with E-state index in [9.17, 15) is 0 Å². The molecule has 1 N–H and O–H groups in total. The van der Waals surface area contributed by atoms with Crippen LogP contribution in [0.25, 0.3) is 11.3 Å². The Morgan fingerprint density at radius 3 is 2.78 bits per heavy atom. The third kappa shape index (κ3) is 1.89. The van der Waals surface area contributed by atoms with Crippen LogP contribution in [0.15, 0.2) is 30.6 Å². The van der Waals surface area contributed by atoms with Gasteiger partial charge in [-0.05, 0) is 31.2 Å². The fourth-order valence-electron chi connectivity index (χ4n) is 2.55. The summed E-state index contributed by atoms with van der Waals surface area (Å²) in [6.07, 6.45) is 5.66.